The Morgan fingerprint density at radius 1 is 0.933 bits per heavy atom. The molecule has 12 heteroatoms. The van der Waals surface area contributed by atoms with Gasteiger partial charge in [-0.15, -0.1) is 0 Å². The average Bonchev–Trinajstić information content (AvgIpc) is 3.29. The van der Waals surface area contributed by atoms with Gasteiger partial charge in [0.05, 0.1) is 6.20 Å². The first-order valence-corrected chi connectivity index (χ1v) is 17.4. The summed E-state index contributed by atoms with van der Waals surface area (Å²) in [5.74, 6) is 3.63. The van der Waals surface area contributed by atoms with Gasteiger partial charge < -0.3 is 25.0 Å². The molecule has 2 N–H and O–H groups in total. The molecule has 2 aromatic rings. The van der Waals surface area contributed by atoms with Gasteiger partial charge in [0.25, 0.3) is 0 Å². The Bertz CT molecular complexity index is 1380. The van der Waals surface area contributed by atoms with Crippen LogP contribution in [0.2, 0.25) is 0 Å². The molecule has 0 aromatic carbocycles. The smallest absolute Gasteiger partial charge is 0.410 e. The quantitative estimate of drug-likeness (QED) is 0.383. The molecule has 6 fully saturated rings. The summed E-state index contributed by atoms with van der Waals surface area (Å²) in [5.41, 5.74) is 1.95. The summed E-state index contributed by atoms with van der Waals surface area (Å²) < 4.78 is 13.4. The van der Waals surface area contributed by atoms with E-state index in [1.54, 1.807) is 0 Å². The summed E-state index contributed by atoms with van der Waals surface area (Å²) in [6.07, 6.45) is 13.5. The number of amides is 1. The van der Waals surface area contributed by atoms with Crippen LogP contribution in [0.3, 0.4) is 0 Å². The van der Waals surface area contributed by atoms with E-state index in [0.29, 0.717) is 23.9 Å². The number of hydrogen-bond donors (Lipinski definition) is 2. The number of aromatic nitrogens is 4. The second kappa shape index (κ2) is 12.3. The Morgan fingerprint density at radius 2 is 1.62 bits per heavy atom. The van der Waals surface area contributed by atoms with E-state index in [4.69, 9.17) is 19.4 Å². The van der Waals surface area contributed by atoms with Gasteiger partial charge in [-0.3, -0.25) is 9.80 Å². The number of nitrogens with zero attached hydrogens (tertiary/aromatic N) is 7. The second-order valence-electron chi connectivity index (χ2n) is 14.7. The van der Waals surface area contributed by atoms with E-state index in [1.165, 1.54) is 19.5 Å². The van der Waals surface area contributed by atoms with Crippen LogP contribution in [0, 0.1) is 11.8 Å². The molecule has 5 saturated heterocycles. The Hall–Kier alpha value is -2.96. The van der Waals surface area contributed by atoms with Gasteiger partial charge >= 0.3 is 6.09 Å². The Labute approximate surface area is 265 Å². The molecule has 244 valence electrons. The minimum Gasteiger partial charge on any atom is -0.443 e. The zero-order valence-corrected chi connectivity index (χ0v) is 26.8. The zero-order chi connectivity index (χ0) is 30.5. The summed E-state index contributed by atoms with van der Waals surface area (Å²) in [7, 11) is 0. The fraction of sp³-hybridized carbons (Fsp3) is 0.758. The first-order valence-electron chi connectivity index (χ1n) is 17.4. The standard InChI is InChI=1S/C33H49N9O3/c1-21(2)29-16-34-42-30(29)37-31(35-24-7-11-44-12-8-24)38-32(42)36-25-14-26-5-6-27(15-25)41(26)33(43)45-28-19-40(20-28)10-4-3-9-39-17-22-13-23(22)18-39/h3-4,16,21-28H,5-15,17-20H2,1-2H3,(H2,35,36,37,38)/b4-3+. The van der Waals surface area contributed by atoms with Crippen LogP contribution >= 0.6 is 0 Å². The highest BCUT2D eigenvalue weighted by atomic mass is 16.6. The number of carbonyl (C=O) groups excluding carboxylic acids is 1. The third kappa shape index (κ3) is 6.25. The van der Waals surface area contributed by atoms with Crippen LogP contribution in [0.4, 0.5) is 16.7 Å². The number of anilines is 2. The number of likely N-dealkylation sites (tertiary alicyclic amines) is 2. The molecule has 12 nitrogen and oxygen atoms in total. The average molecular weight is 620 g/mol. The van der Waals surface area contributed by atoms with Crippen LogP contribution < -0.4 is 10.6 Å². The van der Waals surface area contributed by atoms with E-state index in [-0.39, 0.29) is 30.3 Å². The summed E-state index contributed by atoms with van der Waals surface area (Å²) in [5, 5.41) is 12.0. The zero-order valence-electron chi connectivity index (χ0n) is 26.8. The van der Waals surface area contributed by atoms with Crippen LogP contribution in [-0.2, 0) is 9.47 Å². The lowest BCUT2D eigenvalue weighted by molar-refractivity contribution is -0.0306. The summed E-state index contributed by atoms with van der Waals surface area (Å²) in [4.78, 5) is 30.1. The molecule has 8 rings (SSSR count). The highest BCUT2D eigenvalue weighted by Crippen LogP contribution is 2.44. The van der Waals surface area contributed by atoms with Gasteiger partial charge in [0.1, 0.15) is 6.10 Å². The maximum absolute atomic E-state index is 13.3. The molecule has 0 spiro atoms. The number of piperidine rings is 2. The van der Waals surface area contributed by atoms with Crippen molar-refractivity contribution in [1.29, 1.82) is 0 Å². The monoisotopic (exact) mass is 619 g/mol. The molecule has 2 bridgehead atoms. The lowest BCUT2D eigenvalue weighted by Crippen LogP contribution is -2.56. The summed E-state index contributed by atoms with van der Waals surface area (Å²) in [6.45, 7) is 12.1. The van der Waals surface area contributed by atoms with E-state index < -0.39 is 0 Å². The van der Waals surface area contributed by atoms with Crippen LogP contribution in [0.1, 0.15) is 70.3 Å². The summed E-state index contributed by atoms with van der Waals surface area (Å²) >= 11 is 0. The minimum absolute atomic E-state index is 0.00207. The molecule has 7 heterocycles. The maximum atomic E-state index is 13.3. The van der Waals surface area contributed by atoms with E-state index in [1.807, 2.05) is 15.6 Å². The fourth-order valence-electron chi connectivity index (χ4n) is 8.30. The third-order valence-corrected chi connectivity index (χ3v) is 11.0. The maximum Gasteiger partial charge on any atom is 0.410 e. The van der Waals surface area contributed by atoms with Crippen molar-refractivity contribution in [2.24, 2.45) is 11.8 Å². The number of nitrogens with one attached hydrogen (secondary N) is 2. The van der Waals surface area contributed by atoms with Crippen molar-refractivity contribution in [3.8, 4) is 0 Å². The molecule has 6 aliphatic rings. The van der Waals surface area contributed by atoms with E-state index in [0.717, 1.165) is 101 Å². The molecule has 5 aliphatic heterocycles. The first kappa shape index (κ1) is 29.4. The van der Waals surface area contributed by atoms with Crippen molar-refractivity contribution >= 4 is 23.6 Å². The number of rotatable bonds is 10. The van der Waals surface area contributed by atoms with Gasteiger partial charge in [0, 0.05) is 82.2 Å². The van der Waals surface area contributed by atoms with Crippen molar-refractivity contribution < 1.29 is 14.3 Å². The number of hydrogen-bond acceptors (Lipinski definition) is 10. The van der Waals surface area contributed by atoms with Crippen molar-refractivity contribution in [1.82, 2.24) is 34.3 Å². The van der Waals surface area contributed by atoms with Gasteiger partial charge in [-0.1, -0.05) is 26.0 Å². The number of ether oxygens (including phenoxy) is 2. The molecular formula is C33H49N9O3. The van der Waals surface area contributed by atoms with Crippen molar-refractivity contribution in [3.63, 3.8) is 0 Å². The van der Waals surface area contributed by atoms with E-state index in [9.17, 15) is 4.79 Å². The predicted octanol–water partition coefficient (Wildman–Crippen LogP) is 3.57. The molecule has 45 heavy (non-hydrogen) atoms. The lowest BCUT2D eigenvalue weighted by atomic mass is 9.98. The normalized spacial score (nSPS) is 30.7. The molecular weight excluding hydrogens is 570 g/mol. The van der Waals surface area contributed by atoms with Gasteiger partial charge in [-0.2, -0.15) is 19.6 Å². The molecule has 1 aliphatic carbocycles. The van der Waals surface area contributed by atoms with Gasteiger partial charge in [-0.25, -0.2) is 4.79 Å². The largest absolute Gasteiger partial charge is 0.443 e. The van der Waals surface area contributed by atoms with Crippen LogP contribution in [0.5, 0.6) is 0 Å². The molecule has 1 amide bonds. The van der Waals surface area contributed by atoms with E-state index >= 15 is 0 Å². The van der Waals surface area contributed by atoms with Crippen LogP contribution in [0.15, 0.2) is 18.3 Å². The number of fused-ring (bicyclic) bond motifs is 4. The molecule has 4 atom stereocenters. The topological polar surface area (TPSA) is 112 Å². The predicted molar refractivity (Wildman–Crippen MR) is 172 cm³/mol. The van der Waals surface area contributed by atoms with Gasteiger partial charge in [0.15, 0.2) is 5.65 Å². The van der Waals surface area contributed by atoms with Crippen LogP contribution in [-0.4, -0.2) is 123 Å². The number of carbonyl (C=O) groups is 1. The highest BCUT2D eigenvalue weighted by molar-refractivity contribution is 5.69. The van der Waals surface area contributed by atoms with Crippen molar-refractivity contribution in [2.75, 3.05) is 63.1 Å². The first-order chi connectivity index (χ1) is 22.0. The molecule has 1 saturated carbocycles. The molecule has 0 radical (unpaired) electrons. The van der Waals surface area contributed by atoms with Gasteiger partial charge in [-0.05, 0) is 62.7 Å². The van der Waals surface area contributed by atoms with Crippen LogP contribution in [0.25, 0.3) is 5.65 Å². The van der Waals surface area contributed by atoms with Gasteiger partial charge in [0.2, 0.25) is 11.9 Å². The van der Waals surface area contributed by atoms with Crippen molar-refractivity contribution in [3.05, 3.63) is 23.9 Å². The molecule has 2 aromatic heterocycles. The Kier molecular flexibility index (Phi) is 8.07. The Morgan fingerprint density at radius 3 is 2.31 bits per heavy atom. The van der Waals surface area contributed by atoms with E-state index in [2.05, 4.69) is 51.5 Å². The lowest BCUT2D eigenvalue weighted by Gasteiger charge is -2.42. The Balaban J connectivity index is 0.850. The highest BCUT2D eigenvalue weighted by Gasteiger charge is 2.46. The minimum atomic E-state index is -0.130. The molecule has 4 unspecified atom stereocenters. The van der Waals surface area contributed by atoms with Crippen molar-refractivity contribution in [2.45, 2.75) is 95.0 Å². The second-order valence-corrected chi connectivity index (χ2v) is 14.7. The summed E-state index contributed by atoms with van der Waals surface area (Å²) in [6, 6.07) is 0.870. The fourth-order valence-corrected chi connectivity index (χ4v) is 8.30. The SMILES string of the molecule is CC(C)c1cnn2c(NC3CC4CCC(C3)N4C(=O)OC3CN(C/C=C/CN4CC5CC5C4)C3)nc(NC3CCOCC3)nc12. The third-order valence-electron chi connectivity index (χ3n) is 11.0.